The summed E-state index contributed by atoms with van der Waals surface area (Å²) in [6, 6.07) is 9.84. The van der Waals surface area contributed by atoms with Crippen molar-refractivity contribution in [3.8, 4) is 11.3 Å². The van der Waals surface area contributed by atoms with Gasteiger partial charge in [-0.05, 0) is 56.3 Å². The molecular formula is C24H32NSi+. The van der Waals surface area contributed by atoms with E-state index in [1.807, 2.05) is 0 Å². The highest BCUT2D eigenvalue weighted by Gasteiger charge is 2.24. The Morgan fingerprint density at radius 3 is 2.15 bits per heavy atom. The van der Waals surface area contributed by atoms with Gasteiger partial charge in [0.1, 0.15) is 7.05 Å². The third-order valence-electron chi connectivity index (χ3n) is 5.65. The Bertz CT molecular complexity index is 1070. The number of rotatable bonds is 2. The van der Waals surface area contributed by atoms with Gasteiger partial charge in [-0.1, -0.05) is 48.1 Å². The molecule has 0 spiro atoms. The summed E-state index contributed by atoms with van der Waals surface area (Å²) in [5.74, 6) is 0. The summed E-state index contributed by atoms with van der Waals surface area (Å²) in [4.78, 5) is 0. The topological polar surface area (TPSA) is 3.88 Å². The first-order valence-electron chi connectivity index (χ1n) is 9.95. The molecule has 0 unspecified atom stereocenters. The number of fused-ring (bicyclic) bond motifs is 1. The first-order valence-corrected chi connectivity index (χ1v) is 13.0. The lowest BCUT2D eigenvalue weighted by atomic mass is 9.93. The summed E-state index contributed by atoms with van der Waals surface area (Å²) in [5, 5.41) is 3.74. The van der Waals surface area contributed by atoms with Crippen molar-refractivity contribution in [3.05, 3.63) is 58.3 Å². The van der Waals surface area contributed by atoms with E-state index in [2.05, 4.69) is 90.1 Å². The van der Waals surface area contributed by atoms with Crippen LogP contribution in [0.15, 0.2) is 30.3 Å². The number of hydrogen-bond donors (Lipinski definition) is 0. The fourth-order valence-electron chi connectivity index (χ4n) is 4.05. The van der Waals surface area contributed by atoms with Gasteiger partial charge >= 0.3 is 0 Å². The molecule has 0 amide bonds. The Balaban J connectivity index is 2.53. The fourth-order valence-corrected chi connectivity index (χ4v) is 5.89. The van der Waals surface area contributed by atoms with Gasteiger partial charge in [-0.25, -0.2) is 0 Å². The average Bonchev–Trinajstić information content (AvgIpc) is 2.55. The second-order valence-corrected chi connectivity index (χ2v) is 13.9. The molecule has 0 bridgehead atoms. The zero-order valence-corrected chi connectivity index (χ0v) is 18.8. The molecule has 26 heavy (non-hydrogen) atoms. The van der Waals surface area contributed by atoms with Gasteiger partial charge in [0.2, 0.25) is 5.69 Å². The molecule has 0 atom stereocenters. The Kier molecular flexibility index (Phi) is 4.27. The molecule has 0 radical (unpaired) electrons. The van der Waals surface area contributed by atoms with Gasteiger partial charge in [0.05, 0.1) is 20.4 Å². The van der Waals surface area contributed by atoms with Crippen LogP contribution in [0.5, 0.6) is 0 Å². The summed E-state index contributed by atoms with van der Waals surface area (Å²) in [7, 11) is 0.634. The van der Waals surface area contributed by atoms with Gasteiger partial charge in [-0.2, -0.15) is 4.57 Å². The van der Waals surface area contributed by atoms with Crippen LogP contribution in [0.3, 0.4) is 0 Å². The molecule has 0 saturated heterocycles. The van der Waals surface area contributed by atoms with E-state index in [-0.39, 0.29) is 0 Å². The molecule has 0 aliphatic heterocycles. The minimum atomic E-state index is -1.46. The van der Waals surface area contributed by atoms with Gasteiger partial charge in [0, 0.05) is 13.0 Å². The molecule has 1 heterocycles. The van der Waals surface area contributed by atoms with Crippen molar-refractivity contribution in [2.24, 2.45) is 7.05 Å². The van der Waals surface area contributed by atoms with Crippen molar-refractivity contribution < 1.29 is 5.94 Å². The van der Waals surface area contributed by atoms with E-state index >= 15 is 0 Å². The molecule has 1 nitrogen and oxygen atoms in total. The lowest BCUT2D eigenvalue weighted by Crippen LogP contribution is -2.40. The highest BCUT2D eigenvalue weighted by atomic mass is 28.3. The standard InChI is InChI=1S/C24H32NSi/c1-15-10-16(2)19(5)21(11-15)24-22-12-17(3)23(26(7,8)9)14-20(22)13-18(4)25(24)6/h10-14H,1-9H3/q+1/i13D. The maximum atomic E-state index is 8.79. The summed E-state index contributed by atoms with van der Waals surface area (Å²) in [6.45, 7) is 18.0. The van der Waals surface area contributed by atoms with Crippen LogP contribution in [0, 0.1) is 34.6 Å². The Morgan fingerprint density at radius 1 is 0.885 bits per heavy atom. The summed E-state index contributed by atoms with van der Waals surface area (Å²) < 4.78 is 11.0. The van der Waals surface area contributed by atoms with Crippen molar-refractivity contribution in [1.82, 2.24) is 0 Å². The summed E-state index contributed by atoms with van der Waals surface area (Å²) in [6.07, 6.45) is 0. The molecule has 3 aromatic rings. The largest absolute Gasteiger partial charge is 0.220 e. The number of nitrogens with zero attached hydrogens (tertiary/aromatic N) is 1. The highest BCUT2D eigenvalue weighted by Crippen LogP contribution is 2.31. The Labute approximate surface area is 161 Å². The second-order valence-electron chi connectivity index (χ2n) is 8.84. The molecule has 3 rings (SSSR count). The number of hydrogen-bond acceptors (Lipinski definition) is 0. The predicted molar refractivity (Wildman–Crippen MR) is 117 cm³/mol. The van der Waals surface area contributed by atoms with E-state index in [0.717, 1.165) is 11.1 Å². The highest BCUT2D eigenvalue weighted by molar-refractivity contribution is 6.89. The van der Waals surface area contributed by atoms with Gasteiger partial charge in [-0.15, -0.1) is 0 Å². The van der Waals surface area contributed by atoms with Crippen molar-refractivity contribution in [1.29, 1.82) is 0 Å². The zero-order chi connectivity index (χ0) is 20.3. The molecule has 2 heteroatoms. The van der Waals surface area contributed by atoms with Crippen molar-refractivity contribution in [2.45, 2.75) is 54.3 Å². The predicted octanol–water partition coefficient (Wildman–Crippen LogP) is 5.42. The smallest absolute Gasteiger partial charge is 0.198 e. The van der Waals surface area contributed by atoms with E-state index in [1.165, 1.54) is 44.1 Å². The summed E-state index contributed by atoms with van der Waals surface area (Å²) in [5.41, 5.74) is 8.80. The minimum Gasteiger partial charge on any atom is -0.198 e. The number of pyridine rings is 1. The molecule has 0 N–H and O–H groups in total. The number of benzene rings is 2. The molecule has 2 aromatic carbocycles. The zero-order valence-electron chi connectivity index (χ0n) is 18.8. The van der Waals surface area contributed by atoms with Crippen LogP contribution in [0.4, 0.5) is 0 Å². The first kappa shape index (κ1) is 17.5. The van der Waals surface area contributed by atoms with Gasteiger partial charge in [-0.3, -0.25) is 0 Å². The Morgan fingerprint density at radius 2 is 1.54 bits per heavy atom. The van der Waals surface area contributed by atoms with Crippen LogP contribution in [-0.4, -0.2) is 8.07 Å². The van der Waals surface area contributed by atoms with E-state index in [1.54, 1.807) is 0 Å². The SMILES string of the molecule is [2H]c1c(C)[n+](C)c(-c2cc(C)cc(C)c2C)c2cc(C)c([Si](C)(C)C)cc12. The van der Waals surface area contributed by atoms with E-state index in [9.17, 15) is 0 Å². The van der Waals surface area contributed by atoms with E-state index in [4.69, 9.17) is 1.37 Å². The van der Waals surface area contributed by atoms with Crippen molar-refractivity contribution in [2.75, 3.05) is 0 Å². The fraction of sp³-hybridized carbons (Fsp3) is 0.375. The van der Waals surface area contributed by atoms with Gasteiger partial charge in [0.15, 0.2) is 5.69 Å². The average molecular weight is 364 g/mol. The molecule has 0 fully saturated rings. The minimum absolute atomic E-state index is 0.651. The molecule has 1 aromatic heterocycles. The second kappa shape index (κ2) is 6.35. The first-order chi connectivity index (χ1) is 12.4. The maximum Gasteiger partial charge on any atom is 0.220 e. The van der Waals surface area contributed by atoms with Crippen LogP contribution < -0.4 is 9.75 Å². The van der Waals surface area contributed by atoms with Crippen LogP contribution in [0.2, 0.25) is 19.6 Å². The lowest BCUT2D eigenvalue weighted by molar-refractivity contribution is -0.665. The molecule has 0 saturated carbocycles. The number of aryl methyl sites for hydroxylation is 3. The van der Waals surface area contributed by atoms with Crippen LogP contribution in [-0.2, 0) is 7.05 Å². The lowest BCUT2D eigenvalue weighted by Gasteiger charge is -2.21. The molecule has 0 aliphatic carbocycles. The van der Waals surface area contributed by atoms with E-state index in [0.29, 0.717) is 6.04 Å². The molecule has 0 aliphatic rings. The third-order valence-corrected chi connectivity index (χ3v) is 7.80. The maximum absolute atomic E-state index is 8.79. The van der Waals surface area contributed by atoms with E-state index < -0.39 is 8.07 Å². The quantitative estimate of drug-likeness (QED) is 0.423. The molecule has 136 valence electrons. The number of aromatic nitrogens is 1. The normalized spacial score (nSPS) is 12.6. The van der Waals surface area contributed by atoms with Gasteiger partial charge in [0.25, 0.3) is 0 Å². The molecular weight excluding hydrogens is 330 g/mol. The Hall–Kier alpha value is -1.93. The van der Waals surface area contributed by atoms with Crippen LogP contribution in [0.25, 0.3) is 22.0 Å². The monoisotopic (exact) mass is 363 g/mol. The summed E-state index contributed by atoms with van der Waals surface area (Å²) >= 11 is 0. The van der Waals surface area contributed by atoms with Gasteiger partial charge < -0.3 is 0 Å². The van der Waals surface area contributed by atoms with Crippen LogP contribution >= 0.6 is 0 Å². The third kappa shape index (κ3) is 3.12. The van der Waals surface area contributed by atoms with Crippen molar-refractivity contribution >= 4 is 24.0 Å². The van der Waals surface area contributed by atoms with Crippen molar-refractivity contribution in [3.63, 3.8) is 0 Å². The van der Waals surface area contributed by atoms with Crippen LogP contribution in [0.1, 0.15) is 29.3 Å².